The van der Waals surface area contributed by atoms with E-state index in [0.29, 0.717) is 6.04 Å². The Morgan fingerprint density at radius 2 is 2.24 bits per heavy atom. The van der Waals surface area contributed by atoms with E-state index in [1.54, 1.807) is 0 Å². The third kappa shape index (κ3) is 4.28. The predicted octanol–water partition coefficient (Wildman–Crippen LogP) is 1.73. The highest BCUT2D eigenvalue weighted by molar-refractivity contribution is 9.10. The van der Waals surface area contributed by atoms with Gasteiger partial charge in [-0.25, -0.2) is 0 Å². The van der Waals surface area contributed by atoms with Crippen LogP contribution in [0, 0.1) is 6.92 Å². The smallest absolute Gasteiger partial charge is 0.0858 e. The third-order valence-electron chi connectivity index (χ3n) is 4.08. The van der Waals surface area contributed by atoms with Crippen LogP contribution in [0.4, 0.5) is 0 Å². The SMILES string of the molecule is CCCNC(Cc1c(Br)c(C)nn1C)C1CN(C)CCO1. The largest absolute Gasteiger partial charge is 0.374 e. The molecule has 1 aromatic heterocycles. The van der Waals surface area contributed by atoms with Crippen LogP contribution in [0.25, 0.3) is 0 Å². The van der Waals surface area contributed by atoms with Crippen LogP contribution in [0.1, 0.15) is 24.7 Å². The minimum atomic E-state index is 0.234. The Labute approximate surface area is 136 Å². The van der Waals surface area contributed by atoms with Crippen molar-refractivity contribution in [3.8, 4) is 0 Å². The fourth-order valence-electron chi connectivity index (χ4n) is 2.83. The van der Waals surface area contributed by atoms with Crippen molar-refractivity contribution >= 4 is 15.9 Å². The first-order chi connectivity index (χ1) is 10.0. The molecule has 21 heavy (non-hydrogen) atoms. The fraction of sp³-hybridized carbons (Fsp3) is 0.800. The molecule has 0 saturated carbocycles. The number of likely N-dealkylation sites (N-methyl/N-ethyl adjacent to an activating group) is 1. The van der Waals surface area contributed by atoms with E-state index in [0.717, 1.165) is 49.2 Å². The summed E-state index contributed by atoms with van der Waals surface area (Å²) in [5.41, 5.74) is 2.28. The molecule has 5 nitrogen and oxygen atoms in total. The van der Waals surface area contributed by atoms with Crippen molar-refractivity contribution in [2.75, 3.05) is 33.3 Å². The molecule has 0 aromatic carbocycles. The van der Waals surface area contributed by atoms with E-state index in [2.05, 4.69) is 45.2 Å². The standard InChI is InChI=1S/C15H27BrN4O/c1-5-6-17-12(14-10-19(3)7-8-21-14)9-13-15(16)11(2)18-20(13)4/h12,14,17H,5-10H2,1-4H3. The molecule has 0 radical (unpaired) electrons. The van der Waals surface area contributed by atoms with Gasteiger partial charge in [0.25, 0.3) is 0 Å². The van der Waals surface area contributed by atoms with E-state index in [1.165, 1.54) is 5.69 Å². The van der Waals surface area contributed by atoms with Gasteiger partial charge in [0.1, 0.15) is 0 Å². The van der Waals surface area contributed by atoms with Gasteiger partial charge in [-0.1, -0.05) is 6.92 Å². The maximum Gasteiger partial charge on any atom is 0.0858 e. The molecule has 1 aliphatic rings. The van der Waals surface area contributed by atoms with Gasteiger partial charge >= 0.3 is 0 Å². The lowest BCUT2D eigenvalue weighted by molar-refractivity contribution is -0.0386. The van der Waals surface area contributed by atoms with Crippen LogP contribution < -0.4 is 5.32 Å². The van der Waals surface area contributed by atoms with Crippen molar-refractivity contribution in [2.24, 2.45) is 7.05 Å². The highest BCUT2D eigenvalue weighted by Crippen LogP contribution is 2.23. The van der Waals surface area contributed by atoms with Crippen molar-refractivity contribution in [1.82, 2.24) is 20.0 Å². The Morgan fingerprint density at radius 1 is 1.48 bits per heavy atom. The summed E-state index contributed by atoms with van der Waals surface area (Å²) in [6.45, 7) is 8.07. The van der Waals surface area contributed by atoms with Crippen molar-refractivity contribution in [3.05, 3.63) is 15.9 Å². The van der Waals surface area contributed by atoms with Crippen LogP contribution in [0.2, 0.25) is 0 Å². The molecule has 1 aromatic rings. The highest BCUT2D eigenvalue weighted by Gasteiger charge is 2.28. The molecule has 2 unspecified atom stereocenters. The van der Waals surface area contributed by atoms with Crippen molar-refractivity contribution in [2.45, 2.75) is 38.8 Å². The van der Waals surface area contributed by atoms with Crippen LogP contribution in [-0.4, -0.2) is 60.1 Å². The number of aromatic nitrogens is 2. The monoisotopic (exact) mass is 358 g/mol. The molecule has 1 aliphatic heterocycles. The molecule has 2 rings (SSSR count). The minimum Gasteiger partial charge on any atom is -0.374 e. The molecule has 6 heteroatoms. The van der Waals surface area contributed by atoms with Crippen molar-refractivity contribution in [1.29, 1.82) is 0 Å². The molecule has 2 heterocycles. The molecule has 1 N–H and O–H groups in total. The first kappa shape index (κ1) is 16.9. The van der Waals surface area contributed by atoms with E-state index in [9.17, 15) is 0 Å². The van der Waals surface area contributed by atoms with Crippen molar-refractivity contribution in [3.63, 3.8) is 0 Å². The summed E-state index contributed by atoms with van der Waals surface area (Å²) in [4.78, 5) is 2.35. The highest BCUT2D eigenvalue weighted by atomic mass is 79.9. The topological polar surface area (TPSA) is 42.3 Å². The van der Waals surface area contributed by atoms with Gasteiger partial charge in [0.05, 0.1) is 28.6 Å². The molecule has 0 spiro atoms. The van der Waals surface area contributed by atoms with Crippen molar-refractivity contribution < 1.29 is 4.74 Å². The summed E-state index contributed by atoms with van der Waals surface area (Å²) >= 11 is 3.67. The Kier molecular flexibility index (Phi) is 6.22. The number of aryl methyl sites for hydroxylation is 2. The van der Waals surface area contributed by atoms with Crippen LogP contribution >= 0.6 is 15.9 Å². The predicted molar refractivity (Wildman–Crippen MR) is 88.7 cm³/mol. The van der Waals surface area contributed by atoms with Gasteiger partial charge in [-0.3, -0.25) is 4.68 Å². The van der Waals surface area contributed by atoms with Gasteiger partial charge in [-0.15, -0.1) is 0 Å². The average Bonchev–Trinajstić information content (AvgIpc) is 2.69. The molecule has 0 amide bonds. The summed E-state index contributed by atoms with van der Waals surface area (Å²) in [5.74, 6) is 0. The number of nitrogens with zero attached hydrogens (tertiary/aromatic N) is 3. The second kappa shape index (κ2) is 7.72. The zero-order valence-electron chi connectivity index (χ0n) is 13.5. The molecule has 1 saturated heterocycles. The second-order valence-electron chi connectivity index (χ2n) is 5.91. The molecule has 120 valence electrons. The summed E-state index contributed by atoms with van der Waals surface area (Å²) in [6, 6.07) is 0.318. The Balaban J connectivity index is 2.11. The van der Waals surface area contributed by atoms with E-state index in [1.807, 2.05) is 18.7 Å². The van der Waals surface area contributed by atoms with E-state index < -0.39 is 0 Å². The summed E-state index contributed by atoms with van der Waals surface area (Å²) < 4.78 is 9.12. The zero-order chi connectivity index (χ0) is 15.4. The molecular formula is C15H27BrN4O. The fourth-order valence-corrected chi connectivity index (χ4v) is 3.33. The normalized spacial score (nSPS) is 21.7. The third-order valence-corrected chi connectivity index (χ3v) is 5.11. The minimum absolute atomic E-state index is 0.234. The lowest BCUT2D eigenvalue weighted by atomic mass is 10.0. The van der Waals surface area contributed by atoms with Gasteiger partial charge in [0.2, 0.25) is 0 Å². The van der Waals surface area contributed by atoms with Gasteiger partial charge in [0, 0.05) is 32.6 Å². The molecule has 0 aliphatic carbocycles. The number of morpholine rings is 1. The van der Waals surface area contributed by atoms with Gasteiger partial charge in [-0.2, -0.15) is 5.10 Å². The molecule has 1 fully saturated rings. The maximum atomic E-state index is 6.02. The average molecular weight is 359 g/mol. The number of ether oxygens (including phenoxy) is 1. The van der Waals surface area contributed by atoms with Gasteiger partial charge < -0.3 is 15.0 Å². The maximum absolute atomic E-state index is 6.02. The molecule has 0 bridgehead atoms. The lowest BCUT2D eigenvalue weighted by Crippen LogP contribution is -2.52. The number of nitrogens with one attached hydrogen (secondary N) is 1. The summed E-state index contributed by atoms with van der Waals surface area (Å²) in [5, 5.41) is 8.15. The zero-order valence-corrected chi connectivity index (χ0v) is 15.1. The van der Waals surface area contributed by atoms with Gasteiger partial charge in [0.15, 0.2) is 0 Å². The summed E-state index contributed by atoms with van der Waals surface area (Å²) in [6.07, 6.45) is 2.29. The van der Waals surface area contributed by atoms with Crippen LogP contribution in [0.5, 0.6) is 0 Å². The number of hydrogen-bond acceptors (Lipinski definition) is 4. The molecular weight excluding hydrogens is 332 g/mol. The quantitative estimate of drug-likeness (QED) is 0.840. The molecule has 2 atom stereocenters. The lowest BCUT2D eigenvalue weighted by Gasteiger charge is -2.35. The number of hydrogen-bond donors (Lipinski definition) is 1. The number of halogens is 1. The van der Waals surface area contributed by atoms with Crippen LogP contribution in [0.3, 0.4) is 0 Å². The van der Waals surface area contributed by atoms with E-state index in [-0.39, 0.29) is 6.10 Å². The van der Waals surface area contributed by atoms with Gasteiger partial charge in [-0.05, 0) is 42.9 Å². The summed E-state index contributed by atoms with van der Waals surface area (Å²) in [7, 11) is 4.17. The van der Waals surface area contributed by atoms with Crippen LogP contribution in [-0.2, 0) is 18.2 Å². The van der Waals surface area contributed by atoms with E-state index >= 15 is 0 Å². The Hall–Kier alpha value is -0.430. The van der Waals surface area contributed by atoms with Crippen LogP contribution in [0.15, 0.2) is 4.47 Å². The van der Waals surface area contributed by atoms with E-state index in [4.69, 9.17) is 4.74 Å². The first-order valence-corrected chi connectivity index (χ1v) is 8.53. The second-order valence-corrected chi connectivity index (χ2v) is 6.70. The Bertz CT molecular complexity index is 463. The first-order valence-electron chi connectivity index (χ1n) is 7.74. The number of rotatable bonds is 6. The Morgan fingerprint density at radius 3 is 2.81 bits per heavy atom.